The molecule has 10 atom stereocenters. The predicted octanol–water partition coefficient (Wildman–Crippen LogP) is -3.58. The fraction of sp³-hybridized carbons (Fsp3) is 0.545. The van der Waals surface area contributed by atoms with Gasteiger partial charge < -0.3 is 76.1 Å². The average molecular weight is 726 g/mol. The molecule has 18 heteroatoms. The first-order valence-corrected chi connectivity index (χ1v) is 15.9. The van der Waals surface area contributed by atoms with E-state index in [0.29, 0.717) is 0 Å². The second kappa shape index (κ2) is 15.9. The zero-order valence-electron chi connectivity index (χ0n) is 27.6. The number of carbonyl (C=O) groups excluding carboxylic acids is 3. The normalized spacial score (nSPS) is 27.9. The van der Waals surface area contributed by atoms with Crippen molar-refractivity contribution < 1.29 is 84.8 Å². The molecule has 1 aliphatic heterocycles. The Labute approximate surface area is 290 Å². The number of phenols is 2. The molecule has 0 saturated carbocycles. The number of Topliss-reactive ketones (excluding diaryl/α,β-unsaturated/α-hetero) is 1. The second-order valence-corrected chi connectivity index (χ2v) is 12.6. The van der Waals surface area contributed by atoms with Crippen molar-refractivity contribution in [3.8, 4) is 17.2 Å². The quantitative estimate of drug-likeness (QED) is 0.0899. The Hall–Kier alpha value is -3.63. The molecular weight excluding hydrogens is 682 g/mol. The number of ketones is 3. The number of carbonyl (C=O) groups is 3. The van der Waals surface area contributed by atoms with Gasteiger partial charge >= 0.3 is 0 Å². The van der Waals surface area contributed by atoms with Gasteiger partial charge in [0.15, 0.2) is 17.9 Å². The molecule has 1 fully saturated rings. The number of benzene rings is 2. The van der Waals surface area contributed by atoms with Gasteiger partial charge in [-0.2, -0.15) is 0 Å². The summed E-state index contributed by atoms with van der Waals surface area (Å²) in [6, 6.07) is 3.64. The first-order chi connectivity index (χ1) is 24.0. The molecule has 18 nitrogen and oxygen atoms in total. The van der Waals surface area contributed by atoms with Crippen molar-refractivity contribution in [3.05, 3.63) is 51.6 Å². The first-order valence-electron chi connectivity index (χ1n) is 15.9. The summed E-state index contributed by atoms with van der Waals surface area (Å²) in [5, 5.41) is 106. The van der Waals surface area contributed by atoms with E-state index >= 15 is 0 Å². The molecule has 51 heavy (non-hydrogen) atoms. The maximum atomic E-state index is 13.6. The van der Waals surface area contributed by atoms with E-state index in [0.717, 1.165) is 0 Å². The number of ether oxygens (including phenoxy) is 3. The van der Waals surface area contributed by atoms with Gasteiger partial charge in [-0.1, -0.05) is 12.1 Å². The number of aromatic hydroxyl groups is 2. The number of nitrogens with two attached hydrogens (primary N) is 1. The average Bonchev–Trinajstić information content (AvgIpc) is 3.12. The van der Waals surface area contributed by atoms with Crippen LogP contribution < -0.4 is 10.5 Å². The highest BCUT2D eigenvalue weighted by molar-refractivity contribution is 6.31. The van der Waals surface area contributed by atoms with Gasteiger partial charge in [0.25, 0.3) is 0 Å². The zero-order valence-corrected chi connectivity index (χ0v) is 27.6. The van der Waals surface area contributed by atoms with Crippen LogP contribution in [0.3, 0.4) is 0 Å². The number of hydrogen-bond acceptors (Lipinski definition) is 18. The smallest absolute Gasteiger partial charge is 0.202 e. The minimum atomic E-state index is -2.24. The van der Waals surface area contributed by atoms with Crippen LogP contribution in [0.25, 0.3) is 0 Å². The van der Waals surface area contributed by atoms with Gasteiger partial charge in [-0.05, 0) is 13.0 Å². The SMILES string of the molecule is COc1cccc2c1C(=O)c1c(O)c3c(c(O)c1C2=O)C[C@@](O)(C(=O)CO)C[C@@H]3O[C@H]1C[C@H](N)[C@@H](O)[C@H](C)O1.OCC(O)C(O)C(O)C(O)CO. The molecule has 0 spiro atoms. The third kappa shape index (κ3) is 7.49. The minimum Gasteiger partial charge on any atom is -0.507 e. The lowest BCUT2D eigenvalue weighted by Gasteiger charge is -2.42. The maximum absolute atomic E-state index is 13.6. The topological polar surface area (TPSA) is 327 Å². The van der Waals surface area contributed by atoms with E-state index in [1.807, 2.05) is 0 Å². The summed E-state index contributed by atoms with van der Waals surface area (Å²) in [4.78, 5) is 39.7. The van der Waals surface area contributed by atoms with Crippen LogP contribution >= 0.6 is 0 Å². The van der Waals surface area contributed by atoms with Gasteiger partial charge in [0.2, 0.25) is 5.78 Å². The summed E-state index contributed by atoms with van der Waals surface area (Å²) in [5.41, 5.74) is 2.37. The number of aliphatic hydroxyl groups is 9. The molecule has 3 aliphatic rings. The van der Waals surface area contributed by atoms with E-state index in [4.69, 9.17) is 50.6 Å². The Kier molecular flexibility index (Phi) is 12.6. The fourth-order valence-electron chi connectivity index (χ4n) is 6.42. The molecule has 0 radical (unpaired) electrons. The summed E-state index contributed by atoms with van der Waals surface area (Å²) in [6.45, 7) is -0.892. The van der Waals surface area contributed by atoms with Gasteiger partial charge in [0.05, 0.1) is 55.3 Å². The first kappa shape index (κ1) is 40.1. The third-order valence-electron chi connectivity index (χ3n) is 9.32. The lowest BCUT2D eigenvalue weighted by atomic mass is 9.72. The lowest BCUT2D eigenvalue weighted by molar-refractivity contribution is -0.247. The van der Waals surface area contributed by atoms with E-state index < -0.39 is 133 Å². The molecule has 1 heterocycles. The van der Waals surface area contributed by atoms with E-state index in [2.05, 4.69) is 0 Å². The van der Waals surface area contributed by atoms with E-state index in [9.17, 15) is 39.9 Å². The standard InChI is InChI=1S/C27H29NO11.C6H14O6/c1-10-22(31)13(28)6-17(38-10)39-15-8-27(36,16(30)9-29)7-12-19(15)26(35)21-20(24(12)33)23(32)11-4-3-5-14(37-2)18(11)25(21)34;7-1-3(9)5(11)6(12)4(10)2-8/h3-5,10,13,15,17,22,29,31,33,35-36H,6-9,28H2,1-2H3;3-12H,1-2H2/t10-,13-,15-,17-,22-,27-;/m0./s1. The largest absolute Gasteiger partial charge is 0.507 e. The summed E-state index contributed by atoms with van der Waals surface area (Å²) >= 11 is 0. The molecule has 282 valence electrons. The molecule has 5 rings (SSSR count). The van der Waals surface area contributed by atoms with Crippen LogP contribution in [0, 0.1) is 0 Å². The van der Waals surface area contributed by atoms with Gasteiger partial charge in [-0.25, -0.2) is 0 Å². The minimum absolute atomic E-state index is 0.0173. The molecule has 0 aromatic heterocycles. The number of aliphatic hydroxyl groups excluding tert-OH is 8. The van der Waals surface area contributed by atoms with Crippen LogP contribution in [0.15, 0.2) is 18.2 Å². The number of phenolic OH excluding ortho intramolecular Hbond substituents is 2. The Bertz CT molecular complexity index is 1610. The molecule has 0 amide bonds. The van der Waals surface area contributed by atoms with Crippen LogP contribution in [-0.2, 0) is 20.7 Å². The van der Waals surface area contributed by atoms with Gasteiger partial charge in [-0.15, -0.1) is 0 Å². The summed E-state index contributed by atoms with van der Waals surface area (Å²) in [5.74, 6) is -3.77. The molecule has 2 aliphatic carbocycles. The third-order valence-corrected chi connectivity index (χ3v) is 9.32. The van der Waals surface area contributed by atoms with Crippen molar-refractivity contribution in [2.75, 3.05) is 26.9 Å². The highest BCUT2D eigenvalue weighted by atomic mass is 16.7. The van der Waals surface area contributed by atoms with Gasteiger partial charge in [0.1, 0.15) is 53.9 Å². The van der Waals surface area contributed by atoms with Crippen LogP contribution in [-0.4, -0.2) is 155 Å². The number of methoxy groups -OCH3 is 1. The van der Waals surface area contributed by atoms with Crippen molar-refractivity contribution in [3.63, 3.8) is 0 Å². The molecular formula is C33H43NO17. The van der Waals surface area contributed by atoms with E-state index in [1.54, 1.807) is 6.92 Å². The highest BCUT2D eigenvalue weighted by Crippen LogP contribution is 2.52. The lowest BCUT2D eigenvalue weighted by Crippen LogP contribution is -2.53. The van der Waals surface area contributed by atoms with Gasteiger partial charge in [0, 0.05) is 42.0 Å². The molecule has 2 aromatic carbocycles. The predicted molar refractivity (Wildman–Crippen MR) is 170 cm³/mol. The van der Waals surface area contributed by atoms with Crippen LogP contribution in [0.2, 0.25) is 0 Å². The van der Waals surface area contributed by atoms with Crippen molar-refractivity contribution in [2.24, 2.45) is 5.73 Å². The summed E-state index contributed by atoms with van der Waals surface area (Å²) in [7, 11) is 1.32. The Morgan fingerprint density at radius 2 is 1.57 bits per heavy atom. The number of hydrogen-bond donors (Lipinski definition) is 12. The Morgan fingerprint density at radius 3 is 2.10 bits per heavy atom. The second-order valence-electron chi connectivity index (χ2n) is 12.6. The van der Waals surface area contributed by atoms with Crippen molar-refractivity contribution in [1.82, 2.24) is 0 Å². The van der Waals surface area contributed by atoms with E-state index in [-0.39, 0.29) is 34.4 Å². The van der Waals surface area contributed by atoms with Crippen LogP contribution in [0.4, 0.5) is 0 Å². The van der Waals surface area contributed by atoms with Crippen molar-refractivity contribution in [1.29, 1.82) is 0 Å². The molecule has 0 bridgehead atoms. The van der Waals surface area contributed by atoms with Crippen LogP contribution in [0.1, 0.15) is 68.8 Å². The summed E-state index contributed by atoms with van der Waals surface area (Å²) in [6.07, 6.45) is -11.5. The monoisotopic (exact) mass is 725 g/mol. The number of fused-ring (bicyclic) bond motifs is 3. The Morgan fingerprint density at radius 1 is 0.980 bits per heavy atom. The van der Waals surface area contributed by atoms with Crippen molar-refractivity contribution >= 4 is 17.3 Å². The summed E-state index contributed by atoms with van der Waals surface area (Å²) < 4.78 is 17.0. The fourth-order valence-corrected chi connectivity index (χ4v) is 6.42. The Balaban J connectivity index is 0.000000417. The molecule has 13 N–H and O–H groups in total. The van der Waals surface area contributed by atoms with Crippen LogP contribution in [0.5, 0.6) is 17.2 Å². The number of rotatable bonds is 10. The molecule has 1 saturated heterocycles. The molecule has 2 aromatic rings. The van der Waals surface area contributed by atoms with E-state index in [1.165, 1.54) is 25.3 Å². The van der Waals surface area contributed by atoms with Crippen molar-refractivity contribution in [2.45, 2.75) is 86.8 Å². The maximum Gasteiger partial charge on any atom is 0.202 e. The van der Waals surface area contributed by atoms with Gasteiger partial charge in [-0.3, -0.25) is 14.4 Å². The highest BCUT2D eigenvalue weighted by Gasteiger charge is 2.50. The zero-order chi connectivity index (χ0) is 38.1. The molecule has 4 unspecified atom stereocenters.